The van der Waals surface area contributed by atoms with Gasteiger partial charge in [0.15, 0.2) is 4.77 Å². The highest BCUT2D eigenvalue weighted by Gasteiger charge is 2.29. The topological polar surface area (TPSA) is 66.0 Å². The molecule has 0 aromatic carbocycles. The number of likely N-dealkylation sites (N-methyl/N-ethyl adjacent to an activating group) is 1. The second-order valence-electron chi connectivity index (χ2n) is 5.42. The van der Waals surface area contributed by atoms with E-state index in [4.69, 9.17) is 17.0 Å². The highest BCUT2D eigenvalue weighted by atomic mass is 32.1. The molecule has 10 heteroatoms. The molecule has 0 fully saturated rings. The number of nitrogens with zero attached hydrogens (tertiary/aromatic N) is 2. The van der Waals surface area contributed by atoms with Gasteiger partial charge < -0.3 is 19.2 Å². The maximum atomic E-state index is 12.4. The van der Waals surface area contributed by atoms with Crippen LogP contribution in [0.2, 0.25) is 0 Å². The number of aromatic nitrogens is 3. The quantitative estimate of drug-likeness (QED) is 0.781. The van der Waals surface area contributed by atoms with Crippen molar-refractivity contribution < 1.29 is 17.9 Å². The van der Waals surface area contributed by atoms with Crippen LogP contribution in [0, 0.1) is 4.77 Å². The zero-order valence-corrected chi connectivity index (χ0v) is 13.4. The lowest BCUT2D eigenvalue weighted by molar-refractivity contribution is -0.187. The number of fused-ring (bicyclic) bond motifs is 1. The Bertz CT molecular complexity index is 778. The van der Waals surface area contributed by atoms with Gasteiger partial charge in [-0.3, -0.25) is 9.78 Å². The van der Waals surface area contributed by atoms with Crippen LogP contribution in [-0.2, 0) is 11.3 Å². The molecule has 128 valence electrons. The molecular formula is C13H17F3N4O2S. The first kappa shape index (κ1) is 17.7. The van der Waals surface area contributed by atoms with Gasteiger partial charge in [0.1, 0.15) is 12.1 Å². The standard InChI is InChI=1S/C13H17F3N4O2S/c1-19(2)5-8(22-7-13(14,15)16)6-20-9-3-4-17-10(9)11(21)18-12(20)23/h3-4,8,17H,5-7H2,1-2H3,(H,18,21,23). The molecule has 0 saturated heterocycles. The van der Waals surface area contributed by atoms with E-state index >= 15 is 0 Å². The van der Waals surface area contributed by atoms with Crippen LogP contribution in [0.5, 0.6) is 0 Å². The Labute approximate surface area is 134 Å². The van der Waals surface area contributed by atoms with Gasteiger partial charge in [0.2, 0.25) is 0 Å². The molecule has 2 N–H and O–H groups in total. The number of alkyl halides is 3. The molecule has 2 rings (SSSR count). The van der Waals surface area contributed by atoms with E-state index in [9.17, 15) is 18.0 Å². The van der Waals surface area contributed by atoms with E-state index in [1.165, 1.54) is 0 Å². The SMILES string of the molecule is CN(C)CC(Cn1c(=S)[nH]c(=O)c2[nH]ccc21)OCC(F)(F)F. The molecule has 2 heterocycles. The van der Waals surface area contributed by atoms with Gasteiger partial charge in [-0.2, -0.15) is 13.2 Å². The maximum Gasteiger partial charge on any atom is 0.411 e. The fraction of sp³-hybridized carbons (Fsp3) is 0.538. The average molecular weight is 350 g/mol. The Balaban J connectivity index is 2.30. The molecule has 0 saturated carbocycles. The molecule has 0 bridgehead atoms. The lowest BCUT2D eigenvalue weighted by Gasteiger charge is -2.23. The molecule has 0 aliphatic carbocycles. The summed E-state index contributed by atoms with van der Waals surface area (Å²) in [4.78, 5) is 18.8. The predicted molar refractivity (Wildman–Crippen MR) is 82.1 cm³/mol. The largest absolute Gasteiger partial charge is 0.411 e. The number of rotatable bonds is 6. The van der Waals surface area contributed by atoms with Gasteiger partial charge in [0, 0.05) is 12.7 Å². The van der Waals surface area contributed by atoms with E-state index in [0.29, 0.717) is 11.0 Å². The van der Waals surface area contributed by atoms with Gasteiger partial charge in [-0.15, -0.1) is 0 Å². The van der Waals surface area contributed by atoms with Crippen LogP contribution in [0.25, 0.3) is 11.0 Å². The van der Waals surface area contributed by atoms with Crippen molar-refractivity contribution in [3.8, 4) is 0 Å². The summed E-state index contributed by atoms with van der Waals surface area (Å²) in [6.45, 7) is -0.959. The molecule has 2 aromatic heterocycles. The molecule has 0 radical (unpaired) electrons. The summed E-state index contributed by atoms with van der Waals surface area (Å²) in [5.41, 5.74) is 0.475. The van der Waals surface area contributed by atoms with E-state index < -0.39 is 18.9 Å². The van der Waals surface area contributed by atoms with Crippen LogP contribution in [0.3, 0.4) is 0 Å². The van der Waals surface area contributed by atoms with Crippen LogP contribution in [-0.4, -0.2) is 59.0 Å². The van der Waals surface area contributed by atoms with Gasteiger partial charge in [0.05, 0.1) is 18.2 Å². The predicted octanol–water partition coefficient (Wildman–Crippen LogP) is 1.90. The number of ether oxygens (including phenoxy) is 1. The van der Waals surface area contributed by atoms with Crippen molar-refractivity contribution in [3.63, 3.8) is 0 Å². The molecule has 0 aliphatic rings. The molecule has 1 unspecified atom stereocenters. The zero-order valence-electron chi connectivity index (χ0n) is 12.6. The molecule has 2 aromatic rings. The van der Waals surface area contributed by atoms with E-state index in [-0.39, 0.29) is 23.4 Å². The van der Waals surface area contributed by atoms with E-state index in [2.05, 4.69) is 9.97 Å². The summed E-state index contributed by atoms with van der Waals surface area (Å²) in [5, 5.41) is 0. The summed E-state index contributed by atoms with van der Waals surface area (Å²) < 4.78 is 43.9. The Morgan fingerprint density at radius 2 is 2.13 bits per heavy atom. The lowest BCUT2D eigenvalue weighted by atomic mass is 10.3. The minimum Gasteiger partial charge on any atom is -0.366 e. The van der Waals surface area contributed by atoms with Gasteiger partial charge in [-0.25, -0.2) is 0 Å². The van der Waals surface area contributed by atoms with Crippen molar-refractivity contribution >= 4 is 23.3 Å². The highest BCUT2D eigenvalue weighted by molar-refractivity contribution is 7.71. The summed E-state index contributed by atoms with van der Waals surface area (Å²) in [6, 6.07) is 1.65. The van der Waals surface area contributed by atoms with Gasteiger partial charge in [-0.1, -0.05) is 0 Å². The summed E-state index contributed by atoms with van der Waals surface area (Å²) in [6.07, 6.45) is -3.56. The van der Waals surface area contributed by atoms with E-state index in [0.717, 1.165) is 0 Å². The third-order valence-corrected chi connectivity index (χ3v) is 3.47. The Hall–Kier alpha value is -1.65. The van der Waals surface area contributed by atoms with E-state index in [1.807, 2.05) is 0 Å². The van der Waals surface area contributed by atoms with Crippen LogP contribution < -0.4 is 5.56 Å². The monoisotopic (exact) mass is 350 g/mol. The van der Waals surface area contributed by atoms with Crippen molar-refractivity contribution in [2.45, 2.75) is 18.8 Å². The van der Waals surface area contributed by atoms with Crippen molar-refractivity contribution in [2.75, 3.05) is 27.2 Å². The van der Waals surface area contributed by atoms with Gasteiger partial charge in [0.25, 0.3) is 5.56 Å². The minimum atomic E-state index is -4.40. The number of nitrogens with one attached hydrogen (secondary N) is 2. The average Bonchev–Trinajstić information content (AvgIpc) is 2.88. The Morgan fingerprint density at radius 3 is 2.74 bits per heavy atom. The highest BCUT2D eigenvalue weighted by Crippen LogP contribution is 2.17. The smallest absolute Gasteiger partial charge is 0.366 e. The molecule has 1 atom stereocenters. The fourth-order valence-corrected chi connectivity index (χ4v) is 2.54. The molecule has 0 amide bonds. The maximum absolute atomic E-state index is 12.4. The first-order valence-electron chi connectivity index (χ1n) is 6.80. The second kappa shape index (κ2) is 6.85. The van der Waals surface area contributed by atoms with Crippen molar-refractivity contribution in [2.24, 2.45) is 0 Å². The molecule has 0 aliphatic heterocycles. The van der Waals surface area contributed by atoms with Crippen LogP contribution in [0.15, 0.2) is 17.1 Å². The van der Waals surface area contributed by atoms with Crippen molar-refractivity contribution in [3.05, 3.63) is 27.4 Å². The summed E-state index contributed by atoms with van der Waals surface area (Å²) in [7, 11) is 3.48. The van der Waals surface area contributed by atoms with Crippen molar-refractivity contribution in [1.29, 1.82) is 0 Å². The fourth-order valence-electron chi connectivity index (χ4n) is 2.27. The normalized spacial score (nSPS) is 13.8. The van der Waals surface area contributed by atoms with E-state index in [1.54, 1.807) is 35.8 Å². The Morgan fingerprint density at radius 1 is 1.43 bits per heavy atom. The van der Waals surface area contributed by atoms with Crippen LogP contribution >= 0.6 is 12.2 Å². The van der Waals surface area contributed by atoms with Crippen LogP contribution in [0.4, 0.5) is 13.2 Å². The number of aromatic amines is 2. The molecule has 0 spiro atoms. The third-order valence-electron chi connectivity index (χ3n) is 3.15. The van der Waals surface area contributed by atoms with Gasteiger partial charge in [-0.05, 0) is 32.4 Å². The number of halogens is 3. The van der Waals surface area contributed by atoms with Crippen molar-refractivity contribution in [1.82, 2.24) is 19.4 Å². The lowest BCUT2D eigenvalue weighted by Crippen LogP contribution is -2.35. The first-order chi connectivity index (χ1) is 10.7. The second-order valence-corrected chi connectivity index (χ2v) is 5.80. The number of H-pyrrole nitrogens is 2. The minimum absolute atomic E-state index is 0.0955. The summed E-state index contributed by atoms with van der Waals surface area (Å²) >= 11 is 5.12. The third kappa shape index (κ3) is 4.66. The molecule has 23 heavy (non-hydrogen) atoms. The van der Waals surface area contributed by atoms with Crippen LogP contribution in [0.1, 0.15) is 0 Å². The molecule has 6 nitrogen and oxygen atoms in total. The number of hydrogen-bond donors (Lipinski definition) is 2. The number of hydrogen-bond acceptors (Lipinski definition) is 4. The molecular weight excluding hydrogens is 333 g/mol. The zero-order chi connectivity index (χ0) is 17.2. The first-order valence-corrected chi connectivity index (χ1v) is 7.21. The Kier molecular flexibility index (Phi) is 5.27. The van der Waals surface area contributed by atoms with Gasteiger partial charge >= 0.3 is 6.18 Å². The summed E-state index contributed by atoms with van der Waals surface area (Å²) in [5.74, 6) is 0.